The Morgan fingerprint density at radius 3 is 2.67 bits per heavy atom. The Morgan fingerprint density at radius 1 is 1.50 bits per heavy atom. The topological polar surface area (TPSA) is 52.3 Å². The summed E-state index contributed by atoms with van der Waals surface area (Å²) in [5.41, 5.74) is 6.23. The van der Waals surface area contributed by atoms with Crippen LogP contribution in [0.2, 0.25) is 0 Å². The van der Waals surface area contributed by atoms with Crippen LogP contribution < -0.4 is 5.73 Å². The molecule has 7 heteroatoms. The largest absolute Gasteiger partial charge is 0.464 e. The molecule has 0 aliphatic heterocycles. The van der Waals surface area contributed by atoms with Gasteiger partial charge in [-0.15, -0.1) is 12.4 Å². The first kappa shape index (κ1) is 17.8. The van der Waals surface area contributed by atoms with Gasteiger partial charge in [-0.3, -0.25) is 0 Å². The molecule has 0 aliphatic carbocycles. The smallest absolute Gasteiger partial charge is 0.342 e. The number of halogens is 4. The van der Waals surface area contributed by atoms with E-state index in [1.807, 2.05) is 0 Å². The molecule has 1 aromatic carbocycles. The normalized spacial score (nSPS) is 13.4. The molecule has 1 unspecified atom stereocenters. The van der Waals surface area contributed by atoms with Crippen LogP contribution in [0.15, 0.2) is 27.1 Å². The number of carbonyl (C=O) groups is 1. The molecule has 0 aliphatic rings. The number of alkyl halides is 1. The SMILES string of the molecule is CCOC(=O)C(F)[C@@H](N)c1cc(Br)ccc1Br.Cl. The fraction of sp³-hybridized carbons (Fsp3) is 0.364. The maximum absolute atomic E-state index is 13.7. The Morgan fingerprint density at radius 2 is 2.11 bits per heavy atom. The van der Waals surface area contributed by atoms with E-state index in [4.69, 9.17) is 5.73 Å². The minimum atomic E-state index is -1.87. The maximum Gasteiger partial charge on any atom is 0.342 e. The molecule has 0 fully saturated rings. The third-order valence-corrected chi connectivity index (χ3v) is 3.36. The van der Waals surface area contributed by atoms with E-state index in [9.17, 15) is 9.18 Å². The van der Waals surface area contributed by atoms with Crippen molar-refractivity contribution >= 4 is 50.2 Å². The second kappa shape index (κ2) is 8.09. The van der Waals surface area contributed by atoms with E-state index < -0.39 is 18.2 Å². The molecule has 0 saturated carbocycles. The van der Waals surface area contributed by atoms with Crippen LogP contribution in [0.4, 0.5) is 4.39 Å². The highest BCUT2D eigenvalue weighted by molar-refractivity contribution is 9.11. The van der Waals surface area contributed by atoms with Crippen LogP contribution >= 0.6 is 44.3 Å². The number of ether oxygens (including phenoxy) is 1. The summed E-state index contributed by atoms with van der Waals surface area (Å²) >= 11 is 6.53. The van der Waals surface area contributed by atoms with Gasteiger partial charge < -0.3 is 10.5 Å². The van der Waals surface area contributed by atoms with Crippen molar-refractivity contribution in [1.82, 2.24) is 0 Å². The third-order valence-electron chi connectivity index (χ3n) is 2.14. The van der Waals surface area contributed by atoms with Crippen LogP contribution in [-0.2, 0) is 9.53 Å². The average Bonchev–Trinajstić information content (AvgIpc) is 2.30. The molecule has 0 saturated heterocycles. The summed E-state index contributed by atoms with van der Waals surface area (Å²) < 4.78 is 19.8. The third kappa shape index (κ3) is 4.50. The molecule has 0 heterocycles. The van der Waals surface area contributed by atoms with E-state index >= 15 is 0 Å². The molecule has 0 radical (unpaired) electrons. The van der Waals surface area contributed by atoms with Crippen molar-refractivity contribution in [2.45, 2.75) is 19.1 Å². The average molecular weight is 405 g/mol. The molecule has 102 valence electrons. The van der Waals surface area contributed by atoms with Crippen LogP contribution in [0.5, 0.6) is 0 Å². The van der Waals surface area contributed by atoms with Crippen molar-refractivity contribution in [3.8, 4) is 0 Å². The van der Waals surface area contributed by atoms with Gasteiger partial charge in [-0.25, -0.2) is 9.18 Å². The van der Waals surface area contributed by atoms with Gasteiger partial charge in [-0.05, 0) is 30.7 Å². The maximum atomic E-state index is 13.7. The molecule has 2 atom stereocenters. The Bertz CT molecular complexity index is 420. The van der Waals surface area contributed by atoms with Gasteiger partial charge in [0.25, 0.3) is 0 Å². The summed E-state index contributed by atoms with van der Waals surface area (Å²) in [6.07, 6.45) is -1.87. The zero-order valence-corrected chi connectivity index (χ0v) is 13.5. The zero-order chi connectivity index (χ0) is 13.0. The number of hydrogen-bond acceptors (Lipinski definition) is 3. The van der Waals surface area contributed by atoms with Gasteiger partial charge in [0.15, 0.2) is 0 Å². The minimum absolute atomic E-state index is 0. The van der Waals surface area contributed by atoms with Crippen molar-refractivity contribution in [2.24, 2.45) is 5.73 Å². The van der Waals surface area contributed by atoms with Gasteiger partial charge >= 0.3 is 5.97 Å². The Labute approximate surface area is 128 Å². The highest BCUT2D eigenvalue weighted by atomic mass is 79.9. The lowest BCUT2D eigenvalue weighted by Crippen LogP contribution is -2.31. The lowest BCUT2D eigenvalue weighted by atomic mass is 10.0. The first-order valence-corrected chi connectivity index (χ1v) is 6.57. The summed E-state index contributed by atoms with van der Waals surface area (Å²) in [7, 11) is 0. The van der Waals surface area contributed by atoms with Crippen LogP contribution in [0.1, 0.15) is 18.5 Å². The van der Waals surface area contributed by atoms with E-state index in [1.54, 1.807) is 25.1 Å². The number of carbonyl (C=O) groups excluding carboxylic acids is 1. The fourth-order valence-corrected chi connectivity index (χ4v) is 2.19. The van der Waals surface area contributed by atoms with Crippen LogP contribution in [-0.4, -0.2) is 18.7 Å². The second-order valence-electron chi connectivity index (χ2n) is 3.35. The molecule has 18 heavy (non-hydrogen) atoms. The number of hydrogen-bond donors (Lipinski definition) is 1. The summed E-state index contributed by atoms with van der Waals surface area (Å²) in [5, 5.41) is 0. The van der Waals surface area contributed by atoms with E-state index in [0.717, 1.165) is 4.47 Å². The quantitative estimate of drug-likeness (QED) is 0.780. The van der Waals surface area contributed by atoms with Crippen molar-refractivity contribution in [3.05, 3.63) is 32.7 Å². The van der Waals surface area contributed by atoms with Crippen LogP contribution in [0.25, 0.3) is 0 Å². The van der Waals surface area contributed by atoms with Crippen molar-refractivity contribution in [2.75, 3.05) is 6.61 Å². The van der Waals surface area contributed by atoms with Gasteiger partial charge in [0.1, 0.15) is 0 Å². The van der Waals surface area contributed by atoms with Gasteiger partial charge in [0, 0.05) is 8.95 Å². The lowest BCUT2D eigenvalue weighted by Gasteiger charge is -2.17. The van der Waals surface area contributed by atoms with Crippen LogP contribution in [0.3, 0.4) is 0 Å². The predicted octanol–water partition coefficient (Wildman–Crippen LogP) is 3.53. The number of rotatable bonds is 4. The first-order chi connectivity index (χ1) is 7.97. The molecular formula is C11H13Br2ClFNO2. The fourth-order valence-electron chi connectivity index (χ4n) is 1.30. The molecule has 2 N–H and O–H groups in total. The highest BCUT2D eigenvalue weighted by Gasteiger charge is 2.29. The van der Waals surface area contributed by atoms with Gasteiger partial charge in [-0.1, -0.05) is 31.9 Å². The molecule has 1 aromatic rings. The van der Waals surface area contributed by atoms with E-state index in [0.29, 0.717) is 10.0 Å². The number of nitrogens with two attached hydrogens (primary N) is 1. The summed E-state index contributed by atoms with van der Waals surface area (Å²) in [6, 6.07) is 4.14. The van der Waals surface area contributed by atoms with Crippen molar-refractivity contribution in [3.63, 3.8) is 0 Å². The molecule has 0 aromatic heterocycles. The molecule has 0 bridgehead atoms. The van der Waals surface area contributed by atoms with Crippen molar-refractivity contribution < 1.29 is 13.9 Å². The van der Waals surface area contributed by atoms with Gasteiger partial charge in [0.2, 0.25) is 6.17 Å². The standard InChI is InChI=1S/C11H12Br2FNO2.ClH/c1-2-17-11(16)9(14)10(15)7-5-6(12)3-4-8(7)13;/h3-5,9-10H,2,15H2,1H3;1H/t9?,10-;/m0./s1. The van der Waals surface area contributed by atoms with E-state index in [1.165, 1.54) is 0 Å². The summed E-state index contributed by atoms with van der Waals surface area (Å²) in [5.74, 6) is -0.938. The Hall–Kier alpha value is -0.170. The second-order valence-corrected chi connectivity index (χ2v) is 5.12. The summed E-state index contributed by atoms with van der Waals surface area (Å²) in [6.45, 7) is 1.75. The minimum Gasteiger partial charge on any atom is -0.464 e. The molecular weight excluding hydrogens is 392 g/mol. The lowest BCUT2D eigenvalue weighted by molar-refractivity contribution is -0.149. The van der Waals surface area contributed by atoms with Crippen LogP contribution in [0, 0.1) is 0 Å². The highest BCUT2D eigenvalue weighted by Crippen LogP contribution is 2.28. The molecule has 3 nitrogen and oxygen atoms in total. The molecule has 0 spiro atoms. The van der Waals surface area contributed by atoms with Gasteiger partial charge in [0.05, 0.1) is 12.6 Å². The monoisotopic (exact) mass is 403 g/mol. The molecule has 0 amide bonds. The Balaban J connectivity index is 0.00000289. The Kier molecular flexibility index (Phi) is 8.02. The van der Waals surface area contributed by atoms with E-state index in [-0.39, 0.29) is 19.0 Å². The number of benzene rings is 1. The van der Waals surface area contributed by atoms with Gasteiger partial charge in [-0.2, -0.15) is 0 Å². The number of esters is 1. The first-order valence-electron chi connectivity index (χ1n) is 4.98. The zero-order valence-electron chi connectivity index (χ0n) is 9.53. The predicted molar refractivity (Wildman–Crippen MR) is 77.5 cm³/mol. The molecule has 1 rings (SSSR count). The summed E-state index contributed by atoms with van der Waals surface area (Å²) in [4.78, 5) is 11.2. The van der Waals surface area contributed by atoms with Crippen molar-refractivity contribution in [1.29, 1.82) is 0 Å². The van der Waals surface area contributed by atoms with E-state index in [2.05, 4.69) is 36.6 Å².